The third-order valence-corrected chi connectivity index (χ3v) is 5.44. The van der Waals surface area contributed by atoms with Gasteiger partial charge in [0.1, 0.15) is 0 Å². The number of benzene rings is 1. The summed E-state index contributed by atoms with van der Waals surface area (Å²) in [5.41, 5.74) is 2.80. The molecule has 0 bridgehead atoms. The van der Waals surface area contributed by atoms with Crippen molar-refractivity contribution in [3.05, 3.63) is 34.9 Å². The number of hydrogen-bond donors (Lipinski definition) is 1. The Hall–Kier alpha value is -1.68. The van der Waals surface area contributed by atoms with E-state index >= 15 is 0 Å². The number of likely N-dealkylation sites (tertiary alicyclic amines) is 1. The summed E-state index contributed by atoms with van der Waals surface area (Å²) >= 11 is 0. The molecule has 0 saturated carbocycles. The Morgan fingerprint density at radius 3 is 2.48 bits per heavy atom. The molecule has 1 aromatic carbocycles. The van der Waals surface area contributed by atoms with Crippen LogP contribution in [0.25, 0.3) is 0 Å². The van der Waals surface area contributed by atoms with Gasteiger partial charge in [0.25, 0.3) is 0 Å². The molecule has 4 nitrogen and oxygen atoms in total. The van der Waals surface area contributed by atoms with Gasteiger partial charge in [-0.3, -0.25) is 9.59 Å². The molecule has 0 spiro atoms. The molecule has 4 heteroatoms. The Balaban J connectivity index is 1.59. The molecule has 1 saturated heterocycles. The van der Waals surface area contributed by atoms with E-state index in [0.717, 1.165) is 47.9 Å². The molecule has 27 heavy (non-hydrogen) atoms. The molecular formula is C23H36N2O2. The van der Waals surface area contributed by atoms with E-state index in [0.29, 0.717) is 6.54 Å². The molecule has 1 aliphatic rings. The number of ketones is 1. The summed E-state index contributed by atoms with van der Waals surface area (Å²) in [6, 6.07) is 5.88. The van der Waals surface area contributed by atoms with Crippen LogP contribution in [-0.2, 0) is 4.79 Å². The minimum absolute atomic E-state index is 0.0196. The van der Waals surface area contributed by atoms with E-state index < -0.39 is 0 Å². The Bertz CT molecular complexity index is 631. The van der Waals surface area contributed by atoms with Crippen LogP contribution in [0, 0.1) is 25.7 Å². The lowest BCUT2D eigenvalue weighted by Gasteiger charge is -2.34. The fourth-order valence-corrected chi connectivity index (χ4v) is 4.15. The van der Waals surface area contributed by atoms with E-state index in [1.54, 1.807) is 0 Å². The largest absolute Gasteiger partial charge is 0.356 e. The zero-order chi connectivity index (χ0) is 19.8. The molecular weight excluding hydrogens is 336 g/mol. The first kappa shape index (κ1) is 21.6. The van der Waals surface area contributed by atoms with Crippen LogP contribution in [0.15, 0.2) is 18.2 Å². The van der Waals surface area contributed by atoms with Crippen molar-refractivity contribution in [1.82, 2.24) is 10.2 Å². The minimum Gasteiger partial charge on any atom is -0.356 e. The van der Waals surface area contributed by atoms with Crippen molar-refractivity contribution in [1.29, 1.82) is 0 Å². The highest BCUT2D eigenvalue weighted by Gasteiger charge is 2.21. The number of hydrogen-bond acceptors (Lipinski definition) is 3. The van der Waals surface area contributed by atoms with Gasteiger partial charge in [-0.15, -0.1) is 0 Å². The summed E-state index contributed by atoms with van der Waals surface area (Å²) in [6.07, 6.45) is 4.00. The van der Waals surface area contributed by atoms with Gasteiger partial charge in [-0.25, -0.2) is 0 Å². The van der Waals surface area contributed by atoms with E-state index in [1.807, 2.05) is 32.0 Å². The van der Waals surface area contributed by atoms with Gasteiger partial charge in [-0.05, 0) is 63.1 Å². The molecule has 0 aliphatic carbocycles. The number of Topliss-reactive ketones (excluding diaryl/α,β-unsaturated/α-hetero) is 1. The predicted octanol–water partition coefficient (Wildman–Crippen LogP) is 4.14. The van der Waals surface area contributed by atoms with Crippen LogP contribution in [-0.4, -0.2) is 42.8 Å². The first-order valence-electron chi connectivity index (χ1n) is 10.4. The van der Waals surface area contributed by atoms with Crippen LogP contribution in [0.2, 0.25) is 0 Å². The molecule has 1 aliphatic heterocycles. The topological polar surface area (TPSA) is 49.4 Å². The normalized spacial score (nSPS) is 20.4. The number of carbonyl (C=O) groups excluding carboxylic acids is 2. The molecule has 0 radical (unpaired) electrons. The van der Waals surface area contributed by atoms with Gasteiger partial charge in [-0.2, -0.15) is 0 Å². The van der Waals surface area contributed by atoms with Crippen molar-refractivity contribution in [2.24, 2.45) is 11.8 Å². The molecule has 150 valence electrons. The highest BCUT2D eigenvalue weighted by atomic mass is 16.2. The molecule has 2 rings (SSSR count). The van der Waals surface area contributed by atoms with E-state index in [4.69, 9.17) is 0 Å². The number of piperidine rings is 1. The van der Waals surface area contributed by atoms with Gasteiger partial charge in [0.2, 0.25) is 5.91 Å². The summed E-state index contributed by atoms with van der Waals surface area (Å²) in [4.78, 5) is 26.9. The summed E-state index contributed by atoms with van der Waals surface area (Å²) < 4.78 is 0. The maximum Gasteiger partial charge on any atom is 0.220 e. The Kier molecular flexibility index (Phi) is 8.49. The second kappa shape index (κ2) is 10.6. The van der Waals surface area contributed by atoms with Crippen molar-refractivity contribution in [3.8, 4) is 0 Å². The lowest BCUT2D eigenvalue weighted by molar-refractivity contribution is -0.121. The number of rotatable bonds is 9. The van der Waals surface area contributed by atoms with Gasteiger partial charge in [0.15, 0.2) is 5.78 Å². The molecule has 0 aromatic heterocycles. The summed E-state index contributed by atoms with van der Waals surface area (Å²) in [6.45, 7) is 12.8. The number of nitrogens with zero attached hydrogens (tertiary/aromatic N) is 1. The number of amides is 1. The van der Waals surface area contributed by atoms with Crippen LogP contribution in [0.3, 0.4) is 0 Å². The standard InChI is InChI=1S/C23H36N2O2/c1-17-7-8-20(4)21(14-17)22(26)9-10-23(27)24-11-5-6-12-25-15-18(2)13-19(3)16-25/h7-8,14,18-19H,5-6,9-13,15-16H2,1-4H3,(H,24,27). The molecule has 2 atom stereocenters. The van der Waals surface area contributed by atoms with Gasteiger partial charge in [0.05, 0.1) is 0 Å². The van der Waals surface area contributed by atoms with Gasteiger partial charge in [-0.1, -0.05) is 31.5 Å². The lowest BCUT2D eigenvalue weighted by atomic mass is 9.92. The molecule has 1 aromatic rings. The molecule has 1 fully saturated rings. The third kappa shape index (κ3) is 7.45. The van der Waals surface area contributed by atoms with Crippen LogP contribution < -0.4 is 5.32 Å². The van der Waals surface area contributed by atoms with E-state index in [1.165, 1.54) is 19.5 Å². The quantitative estimate of drug-likeness (QED) is 0.523. The van der Waals surface area contributed by atoms with Crippen molar-refractivity contribution in [2.45, 2.75) is 59.8 Å². The van der Waals surface area contributed by atoms with Gasteiger partial charge >= 0.3 is 0 Å². The molecule has 1 amide bonds. The fraction of sp³-hybridized carbons (Fsp3) is 0.652. The maximum atomic E-state index is 12.3. The lowest BCUT2D eigenvalue weighted by Crippen LogP contribution is -2.39. The van der Waals surface area contributed by atoms with E-state index in [-0.39, 0.29) is 24.5 Å². The number of unbranched alkanes of at least 4 members (excludes halogenated alkanes) is 1. The van der Waals surface area contributed by atoms with E-state index in [2.05, 4.69) is 24.1 Å². The van der Waals surface area contributed by atoms with Gasteiger partial charge < -0.3 is 10.2 Å². The highest BCUT2D eigenvalue weighted by Crippen LogP contribution is 2.21. The summed E-state index contributed by atoms with van der Waals surface area (Å²) in [7, 11) is 0. The highest BCUT2D eigenvalue weighted by molar-refractivity contribution is 5.99. The molecule has 1 N–H and O–H groups in total. The second-order valence-electron chi connectivity index (χ2n) is 8.50. The van der Waals surface area contributed by atoms with Crippen LogP contribution in [0.5, 0.6) is 0 Å². The first-order valence-corrected chi connectivity index (χ1v) is 10.4. The summed E-state index contributed by atoms with van der Waals surface area (Å²) in [5.74, 6) is 1.62. The summed E-state index contributed by atoms with van der Waals surface area (Å²) in [5, 5.41) is 2.96. The SMILES string of the molecule is Cc1ccc(C)c(C(=O)CCC(=O)NCCCCN2CC(C)CC(C)C2)c1. The Morgan fingerprint density at radius 2 is 1.78 bits per heavy atom. The van der Waals surface area contributed by atoms with E-state index in [9.17, 15) is 9.59 Å². The monoisotopic (exact) mass is 372 g/mol. The van der Waals surface area contributed by atoms with Crippen LogP contribution in [0.1, 0.15) is 67.4 Å². The third-order valence-electron chi connectivity index (χ3n) is 5.44. The number of aryl methyl sites for hydroxylation is 2. The van der Waals surface area contributed by atoms with Crippen molar-refractivity contribution in [2.75, 3.05) is 26.2 Å². The first-order chi connectivity index (χ1) is 12.8. The number of carbonyl (C=O) groups is 2. The minimum atomic E-state index is -0.0196. The van der Waals surface area contributed by atoms with Gasteiger partial charge in [0, 0.05) is 38.0 Å². The maximum absolute atomic E-state index is 12.3. The average molecular weight is 373 g/mol. The second-order valence-corrected chi connectivity index (χ2v) is 8.50. The molecule has 1 heterocycles. The zero-order valence-electron chi connectivity index (χ0n) is 17.5. The fourth-order valence-electron chi connectivity index (χ4n) is 4.15. The smallest absolute Gasteiger partial charge is 0.220 e. The van der Waals surface area contributed by atoms with Crippen molar-refractivity contribution < 1.29 is 9.59 Å². The Morgan fingerprint density at radius 1 is 1.07 bits per heavy atom. The van der Waals surface area contributed by atoms with Crippen molar-refractivity contribution >= 4 is 11.7 Å². The zero-order valence-corrected chi connectivity index (χ0v) is 17.5. The van der Waals surface area contributed by atoms with Crippen LogP contribution in [0.4, 0.5) is 0 Å². The van der Waals surface area contributed by atoms with Crippen molar-refractivity contribution in [3.63, 3.8) is 0 Å². The molecule has 2 unspecified atom stereocenters. The predicted molar refractivity (Wildman–Crippen MR) is 111 cm³/mol. The Labute approximate surface area is 164 Å². The van der Waals surface area contributed by atoms with Crippen LogP contribution >= 0.6 is 0 Å². The average Bonchev–Trinajstić information content (AvgIpc) is 2.60. The number of nitrogens with one attached hydrogen (secondary N) is 1.